The number of hydrogen-bond acceptors (Lipinski definition) is 6. The molecule has 0 spiro atoms. The Morgan fingerprint density at radius 2 is 2.00 bits per heavy atom. The molecule has 0 amide bonds. The van der Waals surface area contributed by atoms with Gasteiger partial charge >= 0.3 is 5.97 Å². The van der Waals surface area contributed by atoms with Gasteiger partial charge in [-0.3, -0.25) is 4.79 Å². The fraction of sp³-hybridized carbons (Fsp3) is 0.500. The highest BCUT2D eigenvalue weighted by Crippen LogP contribution is 1.86. The highest BCUT2D eigenvalue weighted by atomic mass is 16.5. The van der Waals surface area contributed by atoms with Crippen LogP contribution in [0, 0.1) is 0 Å². The lowest BCUT2D eigenvalue weighted by Crippen LogP contribution is -2.28. The van der Waals surface area contributed by atoms with E-state index >= 15 is 0 Å². The predicted octanol–water partition coefficient (Wildman–Crippen LogP) is -0.795. The zero-order valence-corrected chi connectivity index (χ0v) is 6.73. The van der Waals surface area contributed by atoms with E-state index in [1.165, 1.54) is 7.11 Å². The second kappa shape index (κ2) is 5.25. The average molecular weight is 175 g/mol. The summed E-state index contributed by atoms with van der Waals surface area (Å²) in [4.78, 5) is 21.5. The Morgan fingerprint density at radius 3 is 2.33 bits per heavy atom. The van der Waals surface area contributed by atoms with Gasteiger partial charge in [0.15, 0.2) is 0 Å². The number of Topliss-reactive ketones (excluding diaryl/α,β-unsaturated/α-hetero) is 1. The highest BCUT2D eigenvalue weighted by Gasteiger charge is 2.21. The molecule has 0 unspecified atom stereocenters. The van der Waals surface area contributed by atoms with Crippen LogP contribution in [0.3, 0.4) is 0 Å². The van der Waals surface area contributed by atoms with Crippen molar-refractivity contribution in [2.45, 2.75) is 0 Å². The van der Waals surface area contributed by atoms with Crippen molar-refractivity contribution in [3.63, 3.8) is 0 Å². The fourth-order valence-electron chi connectivity index (χ4n) is 0.507. The van der Waals surface area contributed by atoms with Crippen LogP contribution in [0.15, 0.2) is 5.16 Å². The van der Waals surface area contributed by atoms with Crippen molar-refractivity contribution >= 4 is 17.5 Å². The van der Waals surface area contributed by atoms with Crippen LogP contribution in [0.25, 0.3) is 0 Å². The zero-order valence-electron chi connectivity index (χ0n) is 6.73. The molecule has 0 aromatic rings. The molecule has 0 aromatic heterocycles. The fourth-order valence-corrected chi connectivity index (χ4v) is 0.507. The number of ketones is 1. The lowest BCUT2D eigenvalue weighted by molar-refractivity contribution is -0.134. The lowest BCUT2D eigenvalue weighted by atomic mass is 10.2. The number of ether oxygens (including phenoxy) is 2. The van der Waals surface area contributed by atoms with Gasteiger partial charge in [0.05, 0.1) is 7.11 Å². The molecule has 6 heteroatoms. The average Bonchev–Trinajstić information content (AvgIpc) is 2.06. The quantitative estimate of drug-likeness (QED) is 0.199. The van der Waals surface area contributed by atoms with Crippen molar-refractivity contribution < 1.29 is 24.3 Å². The summed E-state index contributed by atoms with van der Waals surface area (Å²) in [5.74, 6) is -1.72. The van der Waals surface area contributed by atoms with Crippen LogP contribution in [-0.4, -0.2) is 43.5 Å². The standard InChI is InChI=1S/C6H9NO5/c1-11-3-4(8)5(7-10)6(9)12-2/h10H,3H2,1-2H3/b7-5-. The molecule has 0 aliphatic heterocycles. The number of oxime groups is 1. The molecule has 0 aliphatic rings. The first kappa shape index (κ1) is 10.6. The molecular weight excluding hydrogens is 166 g/mol. The first-order valence-corrected chi connectivity index (χ1v) is 2.99. The molecular formula is C6H9NO5. The second-order valence-electron chi connectivity index (χ2n) is 1.80. The summed E-state index contributed by atoms with van der Waals surface area (Å²) in [6.45, 7) is -0.325. The summed E-state index contributed by atoms with van der Waals surface area (Å²) < 4.78 is 8.60. The monoisotopic (exact) mass is 175 g/mol. The van der Waals surface area contributed by atoms with Crippen LogP contribution in [0.2, 0.25) is 0 Å². The van der Waals surface area contributed by atoms with Gasteiger partial charge in [0.2, 0.25) is 11.5 Å². The third-order valence-corrected chi connectivity index (χ3v) is 1.02. The summed E-state index contributed by atoms with van der Waals surface area (Å²) in [6, 6.07) is 0. The van der Waals surface area contributed by atoms with E-state index in [-0.39, 0.29) is 6.61 Å². The zero-order chi connectivity index (χ0) is 9.56. The maximum absolute atomic E-state index is 10.9. The summed E-state index contributed by atoms with van der Waals surface area (Å²) in [6.07, 6.45) is 0. The maximum Gasteiger partial charge on any atom is 0.363 e. The largest absolute Gasteiger partial charge is 0.464 e. The molecule has 0 aromatic carbocycles. The van der Waals surface area contributed by atoms with Crippen LogP contribution >= 0.6 is 0 Å². The highest BCUT2D eigenvalue weighted by molar-refractivity contribution is 6.64. The van der Waals surface area contributed by atoms with Crippen LogP contribution in [-0.2, 0) is 19.1 Å². The van der Waals surface area contributed by atoms with Crippen molar-refractivity contribution in [1.82, 2.24) is 0 Å². The number of carbonyl (C=O) groups is 2. The van der Waals surface area contributed by atoms with Gasteiger partial charge in [-0.15, -0.1) is 0 Å². The van der Waals surface area contributed by atoms with Gasteiger partial charge in [0, 0.05) is 7.11 Å². The van der Waals surface area contributed by atoms with E-state index in [1.54, 1.807) is 0 Å². The molecule has 0 heterocycles. The molecule has 6 nitrogen and oxygen atoms in total. The molecule has 1 N–H and O–H groups in total. The molecule has 0 atom stereocenters. The summed E-state index contributed by atoms with van der Waals surface area (Å²) in [5.41, 5.74) is -0.667. The number of hydrogen-bond donors (Lipinski definition) is 1. The number of methoxy groups -OCH3 is 2. The SMILES string of the molecule is COCC(=O)/C(=N/O)C(=O)OC. The van der Waals surface area contributed by atoms with E-state index in [4.69, 9.17) is 5.21 Å². The Bertz CT molecular complexity index is 210. The third kappa shape index (κ3) is 2.67. The summed E-state index contributed by atoms with van der Waals surface area (Å²) in [7, 11) is 2.36. The van der Waals surface area contributed by atoms with Gasteiger partial charge in [0.25, 0.3) is 0 Å². The van der Waals surface area contributed by atoms with Crippen molar-refractivity contribution in [3.8, 4) is 0 Å². The van der Waals surface area contributed by atoms with Crippen molar-refractivity contribution in [1.29, 1.82) is 0 Å². The van der Waals surface area contributed by atoms with E-state index in [0.717, 1.165) is 7.11 Å². The smallest absolute Gasteiger partial charge is 0.363 e. The van der Waals surface area contributed by atoms with E-state index in [0.29, 0.717) is 0 Å². The van der Waals surface area contributed by atoms with Gasteiger partial charge in [-0.05, 0) is 0 Å². The lowest BCUT2D eigenvalue weighted by Gasteiger charge is -1.99. The second-order valence-corrected chi connectivity index (χ2v) is 1.80. The molecule has 0 fully saturated rings. The number of rotatable bonds is 4. The van der Waals surface area contributed by atoms with Gasteiger partial charge < -0.3 is 14.7 Å². The Balaban J connectivity index is 4.37. The van der Waals surface area contributed by atoms with Crippen LogP contribution in [0.4, 0.5) is 0 Å². The van der Waals surface area contributed by atoms with Gasteiger partial charge in [-0.25, -0.2) is 4.79 Å². The first-order chi connectivity index (χ1) is 5.67. The van der Waals surface area contributed by atoms with E-state index in [9.17, 15) is 9.59 Å². The van der Waals surface area contributed by atoms with Crippen LogP contribution < -0.4 is 0 Å². The maximum atomic E-state index is 10.9. The molecule has 0 saturated carbocycles. The van der Waals surface area contributed by atoms with E-state index in [1.807, 2.05) is 0 Å². The minimum atomic E-state index is -0.987. The van der Waals surface area contributed by atoms with Crippen LogP contribution in [0.1, 0.15) is 0 Å². The first-order valence-electron chi connectivity index (χ1n) is 2.99. The number of nitrogens with zero attached hydrogens (tertiary/aromatic N) is 1. The number of esters is 1. The minimum Gasteiger partial charge on any atom is -0.464 e. The minimum absolute atomic E-state index is 0.325. The van der Waals surface area contributed by atoms with Gasteiger partial charge in [-0.1, -0.05) is 5.16 Å². The van der Waals surface area contributed by atoms with Crippen molar-refractivity contribution in [2.24, 2.45) is 5.16 Å². The Morgan fingerprint density at radius 1 is 1.42 bits per heavy atom. The topological polar surface area (TPSA) is 85.2 Å². The van der Waals surface area contributed by atoms with Gasteiger partial charge in [-0.2, -0.15) is 0 Å². The normalized spacial score (nSPS) is 11.0. The molecule has 0 rings (SSSR count). The van der Waals surface area contributed by atoms with Crippen LogP contribution in [0.5, 0.6) is 0 Å². The molecule has 0 saturated heterocycles. The van der Waals surface area contributed by atoms with E-state index in [2.05, 4.69) is 14.6 Å². The third-order valence-electron chi connectivity index (χ3n) is 1.02. The molecule has 0 radical (unpaired) electrons. The van der Waals surface area contributed by atoms with Crippen molar-refractivity contribution in [2.75, 3.05) is 20.8 Å². The Labute approximate surface area is 68.8 Å². The van der Waals surface area contributed by atoms with Crippen molar-refractivity contribution in [3.05, 3.63) is 0 Å². The summed E-state index contributed by atoms with van der Waals surface area (Å²) in [5, 5.41) is 10.7. The molecule has 0 bridgehead atoms. The van der Waals surface area contributed by atoms with E-state index < -0.39 is 17.5 Å². The Kier molecular flexibility index (Phi) is 4.62. The Hall–Kier alpha value is -1.43. The predicted molar refractivity (Wildman–Crippen MR) is 38.1 cm³/mol. The van der Waals surface area contributed by atoms with Gasteiger partial charge in [0.1, 0.15) is 6.61 Å². The molecule has 12 heavy (non-hydrogen) atoms. The number of carbonyl (C=O) groups excluding carboxylic acids is 2. The summed E-state index contributed by atoms with van der Waals surface area (Å²) >= 11 is 0. The molecule has 0 aliphatic carbocycles. The molecule has 68 valence electrons.